The van der Waals surface area contributed by atoms with Crippen LogP contribution in [-0.2, 0) is 20.7 Å². The van der Waals surface area contributed by atoms with Crippen LogP contribution in [0.1, 0.15) is 45.6 Å². The van der Waals surface area contributed by atoms with Crippen molar-refractivity contribution in [1.82, 2.24) is 5.32 Å². The Morgan fingerprint density at radius 2 is 1.66 bits per heavy atom. The predicted octanol–water partition coefficient (Wildman–Crippen LogP) is 1.73. The first-order chi connectivity index (χ1) is 13.5. The Balaban J connectivity index is 0.000000665. The topological polar surface area (TPSA) is 165 Å². The zero-order chi connectivity index (χ0) is 22.4. The summed E-state index contributed by atoms with van der Waals surface area (Å²) in [4.78, 5) is 32.8. The number of carboxylic acid groups (broad SMARTS) is 2. The fraction of sp³-hybridized carbons (Fsp3) is 0.550. The molecule has 0 aliphatic carbocycles. The Bertz CT molecular complexity index is 631. The fourth-order valence-corrected chi connectivity index (χ4v) is 2.13. The van der Waals surface area contributed by atoms with Crippen molar-refractivity contribution in [3.8, 4) is 0 Å². The number of nitrogens with one attached hydrogen (secondary N) is 1. The summed E-state index contributed by atoms with van der Waals surface area (Å²) >= 11 is 0. The van der Waals surface area contributed by atoms with Gasteiger partial charge in [-0.05, 0) is 45.7 Å². The molecule has 0 aliphatic heterocycles. The number of benzene rings is 1. The van der Waals surface area contributed by atoms with E-state index < -0.39 is 35.7 Å². The quantitative estimate of drug-likeness (QED) is 0.383. The molecule has 0 spiro atoms. The summed E-state index contributed by atoms with van der Waals surface area (Å²) in [5.41, 5.74) is 10.6. The number of aliphatic carboxylic acids is 2. The third-order valence-corrected chi connectivity index (χ3v) is 3.56. The van der Waals surface area contributed by atoms with E-state index in [-0.39, 0.29) is 6.42 Å². The number of hydrogen-bond acceptors (Lipinski definition) is 6. The highest BCUT2D eigenvalue weighted by atomic mass is 16.6. The molecular formula is C20H33N3O6. The number of ether oxygens (including phenoxy) is 1. The van der Waals surface area contributed by atoms with Gasteiger partial charge in [0.15, 0.2) is 0 Å². The number of nitrogens with two attached hydrogens (primary N) is 2. The second-order valence-corrected chi connectivity index (χ2v) is 7.46. The van der Waals surface area contributed by atoms with Crippen LogP contribution in [-0.4, -0.2) is 52.5 Å². The Morgan fingerprint density at radius 3 is 2.10 bits per heavy atom. The van der Waals surface area contributed by atoms with Gasteiger partial charge < -0.3 is 31.7 Å². The van der Waals surface area contributed by atoms with Gasteiger partial charge >= 0.3 is 18.0 Å². The lowest BCUT2D eigenvalue weighted by Gasteiger charge is -2.22. The highest BCUT2D eigenvalue weighted by molar-refractivity contribution is 5.80. The molecule has 0 fully saturated rings. The Kier molecular flexibility index (Phi) is 12.3. The summed E-state index contributed by atoms with van der Waals surface area (Å²) in [6.45, 7) is 5.77. The van der Waals surface area contributed by atoms with Crippen molar-refractivity contribution in [2.75, 3.05) is 6.54 Å². The van der Waals surface area contributed by atoms with Gasteiger partial charge in [0.2, 0.25) is 0 Å². The minimum Gasteiger partial charge on any atom is -0.480 e. The van der Waals surface area contributed by atoms with Crippen LogP contribution in [0.5, 0.6) is 0 Å². The molecule has 0 heterocycles. The normalized spacial score (nSPS) is 12.7. The van der Waals surface area contributed by atoms with Crippen LogP contribution >= 0.6 is 0 Å². The number of carbonyl (C=O) groups excluding carboxylic acids is 1. The van der Waals surface area contributed by atoms with Crippen LogP contribution in [0.4, 0.5) is 4.79 Å². The van der Waals surface area contributed by atoms with Crippen LogP contribution < -0.4 is 16.8 Å². The second-order valence-electron chi connectivity index (χ2n) is 7.46. The first kappa shape index (κ1) is 26.4. The smallest absolute Gasteiger partial charge is 0.408 e. The molecule has 0 bridgehead atoms. The van der Waals surface area contributed by atoms with Gasteiger partial charge in [-0.1, -0.05) is 36.8 Å². The first-order valence-corrected chi connectivity index (χ1v) is 9.41. The molecule has 2 unspecified atom stereocenters. The largest absolute Gasteiger partial charge is 0.480 e. The van der Waals surface area contributed by atoms with Crippen molar-refractivity contribution in [3.05, 3.63) is 35.9 Å². The van der Waals surface area contributed by atoms with E-state index in [9.17, 15) is 14.4 Å². The van der Waals surface area contributed by atoms with E-state index >= 15 is 0 Å². The molecule has 1 aromatic rings. The van der Waals surface area contributed by atoms with Gasteiger partial charge in [0, 0.05) is 6.42 Å². The maximum absolute atomic E-state index is 11.6. The van der Waals surface area contributed by atoms with Crippen molar-refractivity contribution < 1.29 is 29.3 Å². The highest BCUT2D eigenvalue weighted by Crippen LogP contribution is 2.08. The third-order valence-electron chi connectivity index (χ3n) is 3.56. The molecule has 29 heavy (non-hydrogen) atoms. The molecule has 0 saturated carbocycles. The Hall–Kier alpha value is -2.65. The van der Waals surface area contributed by atoms with Crippen molar-refractivity contribution >= 4 is 18.0 Å². The number of unbranched alkanes of at least 4 members (excludes halogenated alkanes) is 1. The zero-order valence-corrected chi connectivity index (χ0v) is 17.3. The van der Waals surface area contributed by atoms with Crippen LogP contribution in [0.3, 0.4) is 0 Å². The lowest BCUT2D eigenvalue weighted by Crippen LogP contribution is -2.44. The molecule has 164 valence electrons. The summed E-state index contributed by atoms with van der Waals surface area (Å²) in [7, 11) is 0. The highest BCUT2D eigenvalue weighted by Gasteiger charge is 2.24. The monoisotopic (exact) mass is 411 g/mol. The van der Waals surface area contributed by atoms with E-state index in [1.807, 2.05) is 30.3 Å². The van der Waals surface area contributed by atoms with Crippen molar-refractivity contribution in [2.24, 2.45) is 11.5 Å². The van der Waals surface area contributed by atoms with E-state index in [0.29, 0.717) is 13.0 Å². The number of carbonyl (C=O) groups is 3. The molecule has 7 N–H and O–H groups in total. The number of rotatable bonds is 9. The lowest BCUT2D eigenvalue weighted by atomic mass is 10.1. The molecule has 9 nitrogen and oxygen atoms in total. The maximum atomic E-state index is 11.6. The summed E-state index contributed by atoms with van der Waals surface area (Å²) in [6, 6.07) is 7.40. The molecule has 0 radical (unpaired) electrons. The number of alkyl carbamates (subject to hydrolysis) is 1. The lowest BCUT2D eigenvalue weighted by molar-refractivity contribution is -0.140. The summed E-state index contributed by atoms with van der Waals surface area (Å²) in [5, 5.41) is 19.8. The van der Waals surface area contributed by atoms with E-state index in [1.54, 1.807) is 20.8 Å². The van der Waals surface area contributed by atoms with Crippen LogP contribution in [0, 0.1) is 0 Å². The van der Waals surface area contributed by atoms with Gasteiger partial charge in [-0.15, -0.1) is 0 Å². The van der Waals surface area contributed by atoms with Crippen molar-refractivity contribution in [2.45, 2.75) is 64.1 Å². The standard InChI is InChI=1S/C14H19NO4.C6H14N2O2/c1-14(2,3)19-13(18)15-11(12(16)17)9-10-7-5-4-6-8-10;7-4-2-1-3-5(8)6(9)10/h4-8,11H,9H2,1-3H3,(H,15,18)(H,16,17);5H,1-4,7-8H2,(H,9,10). The average Bonchev–Trinajstić information content (AvgIpc) is 2.61. The van der Waals surface area contributed by atoms with Crippen LogP contribution in [0.2, 0.25) is 0 Å². The summed E-state index contributed by atoms with van der Waals surface area (Å²) in [5.74, 6) is -2.02. The van der Waals surface area contributed by atoms with Crippen molar-refractivity contribution in [3.63, 3.8) is 0 Å². The second kappa shape index (κ2) is 13.5. The molecule has 1 aromatic carbocycles. The predicted molar refractivity (Wildman–Crippen MR) is 109 cm³/mol. The minimum atomic E-state index is -1.09. The van der Waals surface area contributed by atoms with Gasteiger partial charge in [-0.2, -0.15) is 0 Å². The fourth-order valence-electron chi connectivity index (χ4n) is 2.13. The Morgan fingerprint density at radius 1 is 1.07 bits per heavy atom. The maximum Gasteiger partial charge on any atom is 0.408 e. The molecule has 0 aromatic heterocycles. The van der Waals surface area contributed by atoms with Crippen LogP contribution in [0.25, 0.3) is 0 Å². The molecule has 9 heteroatoms. The zero-order valence-electron chi connectivity index (χ0n) is 17.3. The van der Waals surface area contributed by atoms with Gasteiger partial charge in [0.1, 0.15) is 17.7 Å². The number of carboxylic acids is 2. The molecule has 1 rings (SSSR count). The molecule has 2 atom stereocenters. The molecular weight excluding hydrogens is 378 g/mol. The molecule has 0 saturated heterocycles. The number of hydrogen-bond donors (Lipinski definition) is 5. The first-order valence-electron chi connectivity index (χ1n) is 9.41. The van der Waals surface area contributed by atoms with Gasteiger partial charge in [0.05, 0.1) is 0 Å². The average molecular weight is 411 g/mol. The van der Waals surface area contributed by atoms with E-state index in [2.05, 4.69) is 5.32 Å². The van der Waals surface area contributed by atoms with Gasteiger partial charge in [-0.3, -0.25) is 4.79 Å². The molecule has 1 amide bonds. The van der Waals surface area contributed by atoms with Gasteiger partial charge in [-0.25, -0.2) is 9.59 Å². The van der Waals surface area contributed by atoms with E-state index in [0.717, 1.165) is 18.4 Å². The summed E-state index contributed by atoms with van der Waals surface area (Å²) < 4.78 is 5.04. The number of amides is 1. The van der Waals surface area contributed by atoms with Crippen molar-refractivity contribution in [1.29, 1.82) is 0 Å². The Labute approximate surface area is 171 Å². The van der Waals surface area contributed by atoms with E-state index in [4.69, 9.17) is 26.4 Å². The van der Waals surface area contributed by atoms with E-state index in [1.165, 1.54) is 0 Å². The third kappa shape index (κ3) is 14.1. The SMILES string of the molecule is CC(C)(C)OC(=O)NC(Cc1ccccc1)C(=O)O.NCCCCC(N)C(=O)O. The van der Waals surface area contributed by atoms with Gasteiger partial charge in [0.25, 0.3) is 0 Å². The van der Waals surface area contributed by atoms with Crippen LogP contribution in [0.15, 0.2) is 30.3 Å². The minimum absolute atomic E-state index is 0.218. The summed E-state index contributed by atoms with van der Waals surface area (Å²) in [6.07, 6.45) is 1.66. The molecule has 0 aliphatic rings.